The van der Waals surface area contributed by atoms with Crippen molar-refractivity contribution in [2.75, 3.05) is 26.7 Å². The van der Waals surface area contributed by atoms with Crippen LogP contribution >= 0.6 is 15.9 Å². The first-order valence-corrected chi connectivity index (χ1v) is 6.78. The van der Waals surface area contributed by atoms with Gasteiger partial charge in [-0.25, -0.2) is 4.39 Å². The Hall–Kier alpha value is -0.940. The van der Waals surface area contributed by atoms with Crippen LogP contribution in [0.3, 0.4) is 0 Å². The first-order chi connectivity index (χ1) is 8.58. The number of carbonyl (C=O) groups excluding carboxylic acids is 1. The van der Waals surface area contributed by atoms with Crippen molar-refractivity contribution in [1.82, 2.24) is 10.2 Å². The molecule has 2 rings (SSSR count). The second-order valence-corrected chi connectivity index (χ2v) is 5.58. The largest absolute Gasteiger partial charge is 0.341 e. The maximum atomic E-state index is 13.7. The normalized spacial score (nSPS) is 18.9. The molecule has 5 heteroatoms. The number of nitrogens with zero attached hydrogens (tertiary/aromatic N) is 1. The zero-order valence-corrected chi connectivity index (χ0v) is 11.8. The zero-order valence-electron chi connectivity index (χ0n) is 10.2. The van der Waals surface area contributed by atoms with Crippen molar-refractivity contribution in [1.29, 1.82) is 0 Å². The fourth-order valence-corrected chi connectivity index (χ4v) is 2.54. The van der Waals surface area contributed by atoms with E-state index in [2.05, 4.69) is 21.2 Å². The van der Waals surface area contributed by atoms with Crippen LogP contribution in [0.1, 0.15) is 16.8 Å². The highest BCUT2D eigenvalue weighted by atomic mass is 79.9. The van der Waals surface area contributed by atoms with E-state index < -0.39 is 5.82 Å². The van der Waals surface area contributed by atoms with Gasteiger partial charge in [0.25, 0.3) is 5.91 Å². The van der Waals surface area contributed by atoms with Gasteiger partial charge in [0, 0.05) is 18.1 Å². The lowest BCUT2D eigenvalue weighted by Gasteiger charge is -2.21. The average Bonchev–Trinajstić information content (AvgIpc) is 2.81. The van der Waals surface area contributed by atoms with Gasteiger partial charge in [-0.1, -0.05) is 15.9 Å². The summed E-state index contributed by atoms with van der Waals surface area (Å²) in [6.45, 7) is 2.60. The Bertz CT molecular complexity index is 447. The zero-order chi connectivity index (χ0) is 13.1. The summed E-state index contributed by atoms with van der Waals surface area (Å²) in [5, 5.41) is 3.26. The molecular formula is C13H16BrFN2O. The second kappa shape index (κ2) is 5.80. The van der Waals surface area contributed by atoms with Gasteiger partial charge >= 0.3 is 0 Å². The fraction of sp³-hybridized carbons (Fsp3) is 0.462. The topological polar surface area (TPSA) is 32.3 Å². The maximum Gasteiger partial charge on any atom is 0.256 e. The van der Waals surface area contributed by atoms with Crippen molar-refractivity contribution in [2.24, 2.45) is 5.92 Å². The van der Waals surface area contributed by atoms with Gasteiger partial charge in [-0.3, -0.25) is 4.79 Å². The molecule has 1 N–H and O–H groups in total. The smallest absolute Gasteiger partial charge is 0.256 e. The van der Waals surface area contributed by atoms with Crippen molar-refractivity contribution < 1.29 is 9.18 Å². The number of nitrogens with one attached hydrogen (secondary N) is 1. The predicted octanol–water partition coefficient (Wildman–Crippen LogP) is 2.27. The summed E-state index contributed by atoms with van der Waals surface area (Å²) in [5.41, 5.74) is 0.131. The third-order valence-corrected chi connectivity index (χ3v) is 3.70. The number of benzene rings is 1. The number of hydrogen-bond acceptors (Lipinski definition) is 2. The molecule has 0 radical (unpaired) electrons. The lowest BCUT2D eigenvalue weighted by atomic mass is 10.1. The molecular weight excluding hydrogens is 299 g/mol. The lowest BCUT2D eigenvalue weighted by molar-refractivity contribution is 0.0771. The van der Waals surface area contributed by atoms with E-state index in [1.165, 1.54) is 12.1 Å². The van der Waals surface area contributed by atoms with Crippen molar-refractivity contribution in [3.8, 4) is 0 Å². The highest BCUT2D eigenvalue weighted by molar-refractivity contribution is 9.10. The average molecular weight is 315 g/mol. The molecule has 18 heavy (non-hydrogen) atoms. The van der Waals surface area contributed by atoms with Gasteiger partial charge in [0.2, 0.25) is 0 Å². The summed E-state index contributed by atoms with van der Waals surface area (Å²) < 4.78 is 14.3. The highest BCUT2D eigenvalue weighted by Gasteiger charge is 2.21. The number of rotatable bonds is 3. The minimum absolute atomic E-state index is 0.131. The molecule has 0 spiro atoms. The highest BCUT2D eigenvalue weighted by Crippen LogP contribution is 2.17. The van der Waals surface area contributed by atoms with Gasteiger partial charge in [0.15, 0.2) is 0 Å². The van der Waals surface area contributed by atoms with Crippen LogP contribution < -0.4 is 5.32 Å². The van der Waals surface area contributed by atoms with Crippen LogP contribution in [0.5, 0.6) is 0 Å². The molecule has 1 atom stereocenters. The summed E-state index contributed by atoms with van der Waals surface area (Å²) in [6.07, 6.45) is 1.07. The van der Waals surface area contributed by atoms with Crippen molar-refractivity contribution in [2.45, 2.75) is 6.42 Å². The predicted molar refractivity (Wildman–Crippen MR) is 72.0 cm³/mol. The molecule has 1 aromatic carbocycles. The molecule has 0 bridgehead atoms. The van der Waals surface area contributed by atoms with Crippen LogP contribution in [0, 0.1) is 11.7 Å². The molecule has 1 aliphatic rings. The number of halogens is 2. The van der Waals surface area contributed by atoms with E-state index in [1.807, 2.05) is 0 Å². The lowest BCUT2D eigenvalue weighted by Crippen LogP contribution is -2.33. The Labute approximate surface area is 114 Å². The fourth-order valence-electron chi connectivity index (χ4n) is 2.21. The molecule has 98 valence electrons. The van der Waals surface area contributed by atoms with Crippen LogP contribution in [0.4, 0.5) is 4.39 Å². The molecule has 1 saturated heterocycles. The second-order valence-electron chi connectivity index (χ2n) is 4.67. The minimum atomic E-state index is -0.481. The van der Waals surface area contributed by atoms with Gasteiger partial charge in [-0.2, -0.15) is 0 Å². The monoisotopic (exact) mass is 314 g/mol. The summed E-state index contributed by atoms with van der Waals surface area (Å²) in [5.74, 6) is -0.268. The third-order valence-electron chi connectivity index (χ3n) is 3.20. The molecule has 1 aromatic rings. The molecule has 3 nitrogen and oxygen atoms in total. The summed E-state index contributed by atoms with van der Waals surface area (Å²) in [7, 11) is 1.72. The third kappa shape index (κ3) is 3.09. The van der Waals surface area contributed by atoms with Crippen molar-refractivity contribution >= 4 is 21.8 Å². The van der Waals surface area contributed by atoms with E-state index in [0.29, 0.717) is 16.9 Å². The van der Waals surface area contributed by atoms with Crippen molar-refractivity contribution in [3.63, 3.8) is 0 Å². The van der Waals surface area contributed by atoms with Crippen LogP contribution in [0.25, 0.3) is 0 Å². The molecule has 1 heterocycles. The molecule has 1 aliphatic heterocycles. The molecule has 1 unspecified atom stereocenters. The summed E-state index contributed by atoms with van der Waals surface area (Å²) in [6, 6.07) is 4.52. The first-order valence-electron chi connectivity index (χ1n) is 5.99. The van der Waals surface area contributed by atoms with Crippen LogP contribution in [-0.2, 0) is 0 Å². The van der Waals surface area contributed by atoms with Crippen LogP contribution in [-0.4, -0.2) is 37.5 Å². The van der Waals surface area contributed by atoms with Crippen LogP contribution in [0.15, 0.2) is 22.7 Å². The molecule has 1 fully saturated rings. The Balaban J connectivity index is 2.05. The van der Waals surface area contributed by atoms with Gasteiger partial charge in [-0.15, -0.1) is 0 Å². The van der Waals surface area contributed by atoms with E-state index >= 15 is 0 Å². The van der Waals surface area contributed by atoms with Gasteiger partial charge in [0.1, 0.15) is 5.82 Å². The van der Waals surface area contributed by atoms with Crippen LogP contribution in [0.2, 0.25) is 0 Å². The maximum absolute atomic E-state index is 13.7. The van der Waals surface area contributed by atoms with Crippen molar-refractivity contribution in [3.05, 3.63) is 34.1 Å². The SMILES string of the molecule is CN(CC1CCNC1)C(=O)c1ccc(Br)cc1F. The molecule has 0 saturated carbocycles. The summed E-state index contributed by atoms with van der Waals surface area (Å²) in [4.78, 5) is 13.7. The Kier molecular flexibility index (Phi) is 4.35. The van der Waals surface area contributed by atoms with Gasteiger partial charge < -0.3 is 10.2 Å². The number of carbonyl (C=O) groups is 1. The van der Waals surface area contributed by atoms with Gasteiger partial charge in [-0.05, 0) is 43.6 Å². The first kappa shape index (κ1) is 13.5. The Morgan fingerprint density at radius 2 is 2.39 bits per heavy atom. The quantitative estimate of drug-likeness (QED) is 0.928. The molecule has 0 aliphatic carbocycles. The number of hydrogen-bond donors (Lipinski definition) is 1. The van der Waals surface area contributed by atoms with E-state index in [4.69, 9.17) is 0 Å². The molecule has 1 amide bonds. The van der Waals surface area contributed by atoms with E-state index in [0.717, 1.165) is 19.5 Å². The van der Waals surface area contributed by atoms with E-state index in [9.17, 15) is 9.18 Å². The minimum Gasteiger partial charge on any atom is -0.341 e. The van der Waals surface area contributed by atoms with E-state index in [1.54, 1.807) is 18.0 Å². The standard InChI is InChI=1S/C13H16BrFN2O/c1-17(8-9-4-5-16-7-9)13(18)11-3-2-10(14)6-12(11)15/h2-3,6,9,16H,4-5,7-8H2,1H3. The van der Waals surface area contributed by atoms with Gasteiger partial charge in [0.05, 0.1) is 5.56 Å². The van der Waals surface area contributed by atoms with E-state index in [-0.39, 0.29) is 11.5 Å². The Morgan fingerprint density at radius 1 is 1.61 bits per heavy atom. The summed E-state index contributed by atoms with van der Waals surface area (Å²) >= 11 is 3.18. The Morgan fingerprint density at radius 3 is 3.00 bits per heavy atom. The number of amides is 1. The molecule has 0 aromatic heterocycles.